The molecule has 1 aliphatic rings. The minimum atomic E-state index is -4.71. The molecule has 0 saturated heterocycles. The number of nitrogens with zero attached hydrogens (tertiary/aromatic N) is 3. The number of hydrazone groups is 1. The highest BCUT2D eigenvalue weighted by molar-refractivity contribution is 6.32. The van der Waals surface area contributed by atoms with Crippen LogP contribution in [0.1, 0.15) is 36.1 Å². The first-order chi connectivity index (χ1) is 17.6. The summed E-state index contributed by atoms with van der Waals surface area (Å²) < 4.78 is 83.3. The van der Waals surface area contributed by atoms with Crippen molar-refractivity contribution < 1.29 is 40.7 Å². The molecule has 2 aromatic carbocycles. The molecule has 0 spiro atoms. The SMILES string of the molecule is CCOC(=O)C1(C)CN(CC(=O)Nc2ccc(C(F)(F)F)cc2C#N)N=C1c1ccc(C(F)(F)F)c(Cl)c1. The number of halogens is 7. The number of benzene rings is 2. The van der Waals surface area contributed by atoms with Crippen molar-refractivity contribution in [2.45, 2.75) is 26.2 Å². The highest BCUT2D eigenvalue weighted by Crippen LogP contribution is 2.38. The molecule has 0 bridgehead atoms. The molecular formula is C24H19ClF6N4O3. The maximum absolute atomic E-state index is 13.1. The third kappa shape index (κ3) is 6.02. The third-order valence-corrected chi connectivity index (χ3v) is 5.92. The Balaban J connectivity index is 1.89. The average molecular weight is 561 g/mol. The predicted octanol–water partition coefficient (Wildman–Crippen LogP) is 5.48. The van der Waals surface area contributed by atoms with Gasteiger partial charge in [0.25, 0.3) is 0 Å². The molecule has 202 valence electrons. The van der Waals surface area contributed by atoms with Crippen molar-refractivity contribution in [3.05, 3.63) is 63.7 Å². The summed E-state index contributed by atoms with van der Waals surface area (Å²) in [7, 11) is 0. The Morgan fingerprint density at radius 1 is 1.16 bits per heavy atom. The van der Waals surface area contributed by atoms with E-state index in [1.165, 1.54) is 6.92 Å². The molecule has 1 atom stereocenters. The number of nitrogens with one attached hydrogen (secondary N) is 1. The van der Waals surface area contributed by atoms with E-state index in [-0.39, 0.29) is 30.1 Å². The number of nitriles is 1. The molecule has 14 heteroatoms. The van der Waals surface area contributed by atoms with E-state index >= 15 is 0 Å². The summed E-state index contributed by atoms with van der Waals surface area (Å²) in [6.45, 7) is 2.30. The molecule has 0 aliphatic carbocycles. The number of esters is 1. The number of hydrogen-bond donors (Lipinski definition) is 1. The number of hydrogen-bond acceptors (Lipinski definition) is 6. The van der Waals surface area contributed by atoms with Crippen molar-refractivity contribution in [1.29, 1.82) is 5.26 Å². The maximum Gasteiger partial charge on any atom is 0.417 e. The van der Waals surface area contributed by atoms with Gasteiger partial charge in [-0.2, -0.15) is 36.7 Å². The fourth-order valence-corrected chi connectivity index (χ4v) is 4.10. The van der Waals surface area contributed by atoms with E-state index in [4.69, 9.17) is 16.3 Å². The highest BCUT2D eigenvalue weighted by atomic mass is 35.5. The Morgan fingerprint density at radius 3 is 2.39 bits per heavy atom. The Morgan fingerprint density at radius 2 is 1.84 bits per heavy atom. The second-order valence-electron chi connectivity index (χ2n) is 8.43. The smallest absolute Gasteiger partial charge is 0.417 e. The lowest BCUT2D eigenvalue weighted by Gasteiger charge is -2.24. The predicted molar refractivity (Wildman–Crippen MR) is 124 cm³/mol. The van der Waals surface area contributed by atoms with E-state index in [9.17, 15) is 41.2 Å². The van der Waals surface area contributed by atoms with Crippen LogP contribution < -0.4 is 5.32 Å². The van der Waals surface area contributed by atoms with Crippen LogP contribution in [-0.4, -0.2) is 42.3 Å². The molecule has 7 nitrogen and oxygen atoms in total. The van der Waals surface area contributed by atoms with E-state index in [0.29, 0.717) is 12.1 Å². The van der Waals surface area contributed by atoms with Gasteiger partial charge in [-0.25, -0.2) is 0 Å². The summed E-state index contributed by atoms with van der Waals surface area (Å²) in [5.74, 6) is -1.52. The quantitative estimate of drug-likeness (QED) is 0.373. The number of anilines is 1. The minimum absolute atomic E-state index is 0.000808. The minimum Gasteiger partial charge on any atom is -0.465 e. The molecule has 0 radical (unpaired) electrons. The van der Waals surface area contributed by atoms with Gasteiger partial charge in [0, 0.05) is 5.56 Å². The Bertz CT molecular complexity index is 1340. The summed E-state index contributed by atoms with van der Waals surface area (Å²) in [4.78, 5) is 25.5. The third-order valence-electron chi connectivity index (χ3n) is 5.60. The van der Waals surface area contributed by atoms with E-state index in [2.05, 4.69) is 10.4 Å². The van der Waals surface area contributed by atoms with Crippen LogP contribution in [0, 0.1) is 16.7 Å². The first-order valence-corrected chi connectivity index (χ1v) is 11.3. The second kappa shape index (κ2) is 10.5. The number of rotatable bonds is 6. The van der Waals surface area contributed by atoms with Crippen LogP contribution in [0.3, 0.4) is 0 Å². The molecule has 1 amide bonds. The molecule has 38 heavy (non-hydrogen) atoms. The van der Waals surface area contributed by atoms with Gasteiger partial charge in [0.1, 0.15) is 18.0 Å². The summed E-state index contributed by atoms with van der Waals surface area (Å²) in [6.07, 6.45) is -9.39. The topological polar surface area (TPSA) is 94.8 Å². The molecule has 2 aromatic rings. The molecule has 1 unspecified atom stereocenters. The first-order valence-electron chi connectivity index (χ1n) is 10.9. The lowest BCUT2D eigenvalue weighted by molar-refractivity contribution is -0.150. The summed E-state index contributed by atoms with van der Waals surface area (Å²) in [5, 5.41) is 16.3. The summed E-state index contributed by atoms with van der Waals surface area (Å²) in [6, 6.07) is 6.66. The lowest BCUT2D eigenvalue weighted by atomic mass is 9.82. The van der Waals surface area contributed by atoms with Gasteiger partial charge in [0.2, 0.25) is 5.91 Å². The normalized spacial score (nSPS) is 17.6. The van der Waals surface area contributed by atoms with Crippen LogP contribution in [0.2, 0.25) is 5.02 Å². The average Bonchev–Trinajstić information content (AvgIpc) is 3.14. The molecule has 0 saturated carbocycles. The number of amides is 1. The zero-order valence-corrected chi connectivity index (χ0v) is 20.6. The zero-order valence-electron chi connectivity index (χ0n) is 19.8. The molecule has 3 rings (SSSR count). The molecule has 1 aliphatic heterocycles. The van der Waals surface area contributed by atoms with E-state index in [0.717, 1.165) is 29.3 Å². The Labute approximate surface area is 217 Å². The van der Waals surface area contributed by atoms with Gasteiger partial charge in [-0.3, -0.25) is 14.6 Å². The second-order valence-corrected chi connectivity index (χ2v) is 8.84. The fraction of sp³-hybridized carbons (Fsp3) is 0.333. The first kappa shape index (κ1) is 28.8. The maximum atomic E-state index is 13.1. The van der Waals surface area contributed by atoms with Crippen molar-refractivity contribution in [2.24, 2.45) is 10.5 Å². The molecule has 0 fully saturated rings. The summed E-state index contributed by atoms with van der Waals surface area (Å²) >= 11 is 5.84. The van der Waals surface area contributed by atoms with Crippen LogP contribution in [-0.2, 0) is 26.7 Å². The van der Waals surface area contributed by atoms with Gasteiger partial charge >= 0.3 is 18.3 Å². The van der Waals surface area contributed by atoms with Crippen molar-refractivity contribution in [3.8, 4) is 6.07 Å². The molecule has 1 heterocycles. The van der Waals surface area contributed by atoms with E-state index in [1.807, 2.05) is 0 Å². The largest absolute Gasteiger partial charge is 0.465 e. The van der Waals surface area contributed by atoms with Crippen molar-refractivity contribution in [3.63, 3.8) is 0 Å². The van der Waals surface area contributed by atoms with Crippen LogP contribution in [0.4, 0.5) is 32.0 Å². The summed E-state index contributed by atoms with van der Waals surface area (Å²) in [5.41, 5.74) is -4.14. The number of alkyl halides is 6. The van der Waals surface area contributed by atoms with Crippen LogP contribution in [0.15, 0.2) is 41.5 Å². The monoisotopic (exact) mass is 560 g/mol. The van der Waals surface area contributed by atoms with Gasteiger partial charge < -0.3 is 10.1 Å². The van der Waals surface area contributed by atoms with Crippen molar-refractivity contribution in [1.82, 2.24) is 5.01 Å². The lowest BCUT2D eigenvalue weighted by Crippen LogP contribution is -2.41. The van der Waals surface area contributed by atoms with Crippen LogP contribution in [0.5, 0.6) is 0 Å². The molecule has 0 aromatic heterocycles. The van der Waals surface area contributed by atoms with Crippen LogP contribution >= 0.6 is 11.6 Å². The number of carbonyl (C=O) groups is 2. The van der Waals surface area contributed by atoms with E-state index < -0.39 is 57.9 Å². The molecular weight excluding hydrogens is 542 g/mol. The van der Waals surface area contributed by atoms with Crippen molar-refractivity contribution >= 4 is 34.9 Å². The van der Waals surface area contributed by atoms with Gasteiger partial charge in [0.15, 0.2) is 0 Å². The zero-order chi connectivity index (χ0) is 28.5. The standard InChI is InChI=1S/C24H19ClF6N4O3/c1-3-38-21(37)22(2)12-35(34-20(22)13-4-6-16(17(25)9-13)24(29,30)31)11-19(36)33-18-7-5-15(23(26,27)28)8-14(18)10-32/h4-9H,3,11-12H2,1-2H3,(H,33,36). The highest BCUT2D eigenvalue weighted by Gasteiger charge is 2.47. The van der Waals surface area contributed by atoms with Gasteiger partial charge in [-0.15, -0.1) is 0 Å². The number of carbonyl (C=O) groups excluding carboxylic acids is 2. The Kier molecular flexibility index (Phi) is 7.97. The van der Waals surface area contributed by atoms with Gasteiger partial charge in [0.05, 0.1) is 46.3 Å². The number of ether oxygens (including phenoxy) is 1. The van der Waals surface area contributed by atoms with Gasteiger partial charge in [-0.05, 0) is 44.2 Å². The fourth-order valence-electron chi connectivity index (χ4n) is 3.82. The van der Waals surface area contributed by atoms with E-state index in [1.54, 1.807) is 13.0 Å². The Hall–Kier alpha value is -3.79. The van der Waals surface area contributed by atoms with Crippen LogP contribution in [0.25, 0.3) is 0 Å². The molecule has 1 N–H and O–H groups in total. The van der Waals surface area contributed by atoms with Gasteiger partial charge in [-0.1, -0.05) is 17.7 Å². The van der Waals surface area contributed by atoms with Crippen molar-refractivity contribution in [2.75, 3.05) is 25.0 Å².